The van der Waals surface area contributed by atoms with Crippen LogP contribution in [0.25, 0.3) is 27.1 Å². The summed E-state index contributed by atoms with van der Waals surface area (Å²) in [5, 5.41) is 8.24. The predicted octanol–water partition coefficient (Wildman–Crippen LogP) is 2.50. The summed E-state index contributed by atoms with van der Waals surface area (Å²) in [6.45, 7) is 16.7. The first-order chi connectivity index (χ1) is 15.1. The summed E-state index contributed by atoms with van der Waals surface area (Å²) in [4.78, 5) is 1.68. The maximum absolute atomic E-state index is 2.51. The van der Waals surface area contributed by atoms with E-state index in [-0.39, 0.29) is 51.0 Å². The molecule has 4 aromatic rings. The van der Waals surface area contributed by atoms with E-state index in [0.717, 1.165) is 5.54 Å². The molecule has 3 heterocycles. The van der Waals surface area contributed by atoms with Crippen LogP contribution in [0.15, 0.2) is 71.6 Å². The second-order valence-corrected chi connectivity index (χ2v) is 21.6. The molecule has 1 radical (unpaired) electrons. The maximum Gasteiger partial charge on any atom is 3.00 e. The fourth-order valence-corrected chi connectivity index (χ4v) is 13.4. The van der Waals surface area contributed by atoms with Gasteiger partial charge in [-0.2, -0.15) is 6.07 Å². The Hall–Kier alpha value is -0.613. The number of hydrogen-bond acceptors (Lipinski definition) is 1. The van der Waals surface area contributed by atoms with Crippen molar-refractivity contribution in [2.45, 2.75) is 52.1 Å². The van der Waals surface area contributed by atoms with Crippen molar-refractivity contribution in [3.05, 3.63) is 87.6 Å². The number of halogens is 2. The zero-order valence-electron chi connectivity index (χ0n) is 21.6. The SMILES string of the molecule is CC1=C2c3ccsc3C1[Si]2(C)C.Cc1cc2c(-c3ccc([Si](C)(C)C)cc3)cccc2[cH-]1.[Cl-].[Cl-].[Zr+3]. The molecule has 181 valence electrons. The van der Waals surface area contributed by atoms with Gasteiger partial charge >= 0.3 is 26.2 Å². The van der Waals surface area contributed by atoms with Gasteiger partial charge in [0.2, 0.25) is 0 Å². The Balaban J connectivity index is 0.000000249. The van der Waals surface area contributed by atoms with E-state index >= 15 is 0 Å². The maximum atomic E-state index is 2.51. The minimum atomic E-state index is -1.21. The molecular formula is C29H33Cl2SSi2Zr. The topological polar surface area (TPSA) is 0 Å². The van der Waals surface area contributed by atoms with E-state index in [2.05, 4.69) is 113 Å². The van der Waals surface area contributed by atoms with Gasteiger partial charge < -0.3 is 24.8 Å². The summed E-state index contributed by atoms with van der Waals surface area (Å²) < 4.78 is 0. The van der Waals surface area contributed by atoms with Gasteiger partial charge in [-0.3, -0.25) is 0 Å². The molecule has 3 aromatic carbocycles. The monoisotopic (exact) mass is 629 g/mol. The Kier molecular flexibility index (Phi) is 9.63. The van der Waals surface area contributed by atoms with Crippen LogP contribution in [0, 0.1) is 6.92 Å². The Morgan fingerprint density at radius 2 is 1.54 bits per heavy atom. The molecule has 0 N–H and O–H groups in total. The Morgan fingerprint density at radius 1 is 0.886 bits per heavy atom. The number of benzene rings is 2. The molecule has 35 heavy (non-hydrogen) atoms. The van der Waals surface area contributed by atoms with Gasteiger partial charge in [0.25, 0.3) is 0 Å². The van der Waals surface area contributed by atoms with Crippen LogP contribution in [0.2, 0.25) is 32.7 Å². The molecule has 2 bridgehead atoms. The largest absolute Gasteiger partial charge is 3.00 e. The van der Waals surface area contributed by atoms with E-state index in [1.165, 1.54) is 32.6 Å². The molecule has 0 fully saturated rings. The van der Waals surface area contributed by atoms with Crippen LogP contribution in [0.3, 0.4) is 0 Å². The quantitative estimate of drug-likeness (QED) is 0.236. The number of thiophene rings is 1. The molecule has 0 amide bonds. The predicted molar refractivity (Wildman–Crippen MR) is 150 cm³/mol. The first-order valence-corrected chi connectivity index (χ1v) is 19.1. The van der Waals surface area contributed by atoms with Crippen molar-refractivity contribution in [3.63, 3.8) is 0 Å². The van der Waals surface area contributed by atoms with Crippen LogP contribution in [0.5, 0.6) is 0 Å². The fourth-order valence-electron chi connectivity index (χ4n) is 5.88. The molecular weight excluding hydrogens is 599 g/mol. The molecule has 1 unspecified atom stereocenters. The van der Waals surface area contributed by atoms with E-state index < -0.39 is 16.1 Å². The van der Waals surface area contributed by atoms with E-state index in [1.807, 2.05) is 11.3 Å². The number of aryl methyl sites for hydroxylation is 1. The van der Waals surface area contributed by atoms with Crippen LogP contribution in [-0.2, 0) is 26.2 Å². The minimum absolute atomic E-state index is 0. The van der Waals surface area contributed by atoms with Crippen molar-refractivity contribution >= 4 is 48.6 Å². The van der Waals surface area contributed by atoms with Crippen LogP contribution < -0.4 is 30.0 Å². The van der Waals surface area contributed by atoms with Crippen LogP contribution >= 0.6 is 11.3 Å². The normalized spacial score (nSPS) is 16.7. The van der Waals surface area contributed by atoms with Crippen molar-refractivity contribution in [2.24, 2.45) is 0 Å². The molecule has 2 aliphatic heterocycles. The zero-order chi connectivity index (χ0) is 22.8. The number of allylic oxidation sites excluding steroid dienone is 1. The van der Waals surface area contributed by atoms with Crippen LogP contribution in [0.1, 0.15) is 28.5 Å². The summed E-state index contributed by atoms with van der Waals surface area (Å²) in [5.74, 6) is 0. The van der Waals surface area contributed by atoms with Crippen molar-refractivity contribution in [1.82, 2.24) is 0 Å². The Labute approximate surface area is 248 Å². The Bertz CT molecular complexity index is 1360. The van der Waals surface area contributed by atoms with Crippen molar-refractivity contribution in [2.75, 3.05) is 0 Å². The van der Waals surface area contributed by atoms with Gasteiger partial charge in [0.15, 0.2) is 0 Å². The van der Waals surface area contributed by atoms with Gasteiger partial charge in [0.1, 0.15) is 0 Å². The molecule has 0 nitrogen and oxygen atoms in total. The zero-order valence-corrected chi connectivity index (χ0v) is 28.4. The van der Waals surface area contributed by atoms with Gasteiger partial charge in [-0.25, -0.2) is 0 Å². The Morgan fingerprint density at radius 3 is 2.11 bits per heavy atom. The number of rotatable bonds is 2. The number of fused-ring (bicyclic) bond motifs is 1. The summed E-state index contributed by atoms with van der Waals surface area (Å²) in [6.07, 6.45) is 0. The third kappa shape index (κ3) is 5.22. The van der Waals surface area contributed by atoms with Gasteiger partial charge in [-0.15, -0.1) is 45.9 Å². The average molecular weight is 632 g/mol. The summed E-state index contributed by atoms with van der Waals surface area (Å²) in [7, 11) is -2.18. The van der Waals surface area contributed by atoms with E-state index in [9.17, 15) is 0 Å². The molecule has 0 saturated carbocycles. The van der Waals surface area contributed by atoms with Gasteiger partial charge in [-0.05, 0) is 29.5 Å². The first kappa shape index (κ1) is 30.6. The van der Waals surface area contributed by atoms with Crippen molar-refractivity contribution in [1.29, 1.82) is 0 Å². The van der Waals surface area contributed by atoms with Crippen molar-refractivity contribution < 1.29 is 51.0 Å². The molecule has 0 saturated heterocycles. The average Bonchev–Trinajstić information content (AvgIpc) is 3.43. The number of hydrogen-bond donors (Lipinski definition) is 0. The summed E-state index contributed by atoms with van der Waals surface area (Å²) >= 11 is 1.96. The molecule has 0 spiro atoms. The molecule has 7 rings (SSSR count). The standard InChI is InChI=1S/C19H21Si.C10H12SSi.2ClH.Zr/c1-14-12-16-6-5-7-18(19(16)13-14)15-8-10-17(11-9-15)20(2,3)4;1-6-9-7-4-5-11-8(7)10(6)12(9,2)3;;;/h5-13H,1-4H3;4-5,10H,1-3H3;2*1H;/q-1;;;;+3/p-2. The molecule has 1 atom stereocenters. The van der Waals surface area contributed by atoms with E-state index in [4.69, 9.17) is 0 Å². The third-order valence-electron chi connectivity index (χ3n) is 7.38. The summed E-state index contributed by atoms with van der Waals surface area (Å²) in [5.41, 5.74) is 8.20. The van der Waals surface area contributed by atoms with Gasteiger partial charge in [-0.1, -0.05) is 91.5 Å². The first-order valence-electron chi connectivity index (χ1n) is 11.6. The van der Waals surface area contributed by atoms with E-state index in [0.29, 0.717) is 0 Å². The van der Waals surface area contributed by atoms with Crippen LogP contribution in [0.4, 0.5) is 0 Å². The van der Waals surface area contributed by atoms with Gasteiger partial charge in [0.05, 0.1) is 16.1 Å². The van der Waals surface area contributed by atoms with E-state index in [1.54, 1.807) is 21.2 Å². The summed E-state index contributed by atoms with van der Waals surface area (Å²) in [6, 6.07) is 22.6. The second-order valence-electron chi connectivity index (χ2n) is 11.1. The van der Waals surface area contributed by atoms with Gasteiger partial charge in [0, 0.05) is 10.4 Å². The molecule has 3 aliphatic rings. The molecule has 1 aromatic heterocycles. The molecule has 1 aliphatic carbocycles. The fraction of sp³-hybridized carbons (Fsp3) is 0.276. The molecule has 6 heteroatoms. The smallest absolute Gasteiger partial charge is 1.00 e. The third-order valence-corrected chi connectivity index (χ3v) is 14.8. The van der Waals surface area contributed by atoms with Crippen molar-refractivity contribution in [3.8, 4) is 11.1 Å². The second kappa shape index (κ2) is 11.0. The minimum Gasteiger partial charge on any atom is -1.00 e. The van der Waals surface area contributed by atoms with Crippen LogP contribution in [-0.4, -0.2) is 16.1 Å².